The van der Waals surface area contributed by atoms with E-state index in [9.17, 15) is 18.4 Å². The largest absolute Gasteiger partial charge is 0.435 e. The van der Waals surface area contributed by atoms with Gasteiger partial charge in [0.15, 0.2) is 17.2 Å². The maximum Gasteiger partial charge on any atom is 0.435 e. The molecule has 0 aliphatic heterocycles. The highest BCUT2D eigenvalue weighted by molar-refractivity contribution is 5.90. The van der Waals surface area contributed by atoms with Crippen LogP contribution in [-0.2, 0) is 12.7 Å². The summed E-state index contributed by atoms with van der Waals surface area (Å²) in [5, 5.41) is 17.6. The van der Waals surface area contributed by atoms with E-state index in [0.717, 1.165) is 10.7 Å². The van der Waals surface area contributed by atoms with Crippen LogP contribution in [0.15, 0.2) is 48.9 Å². The fourth-order valence-corrected chi connectivity index (χ4v) is 3.67. The second-order valence-corrected chi connectivity index (χ2v) is 7.54. The zero-order valence-corrected chi connectivity index (χ0v) is 18.1. The molecule has 174 valence electrons. The summed E-state index contributed by atoms with van der Waals surface area (Å²) in [7, 11) is 0. The van der Waals surface area contributed by atoms with Gasteiger partial charge in [0, 0.05) is 17.5 Å². The van der Waals surface area contributed by atoms with E-state index in [2.05, 4.69) is 36.2 Å². The summed E-state index contributed by atoms with van der Waals surface area (Å²) in [5.74, 6) is 0.145. The molecule has 0 aliphatic carbocycles. The number of aromatic nitrogens is 8. The van der Waals surface area contributed by atoms with Crippen molar-refractivity contribution in [3.05, 3.63) is 71.7 Å². The van der Waals surface area contributed by atoms with E-state index in [1.54, 1.807) is 30.3 Å². The molecule has 2 N–H and O–H groups in total. The summed E-state index contributed by atoms with van der Waals surface area (Å²) in [6.07, 6.45) is -1.68. The van der Waals surface area contributed by atoms with Gasteiger partial charge in [0.1, 0.15) is 12.9 Å². The van der Waals surface area contributed by atoms with Gasteiger partial charge in [0.2, 0.25) is 5.95 Å². The zero-order chi connectivity index (χ0) is 24.7. The normalized spacial score (nSPS) is 11.6. The molecule has 0 saturated carbocycles. The minimum absolute atomic E-state index is 0.0209. The molecule has 13 heteroatoms. The van der Waals surface area contributed by atoms with E-state index in [1.165, 1.54) is 24.0 Å². The fraction of sp³-hybridized carbons (Fsp3) is 0.136. The van der Waals surface area contributed by atoms with Crippen molar-refractivity contribution in [1.82, 2.24) is 39.3 Å². The van der Waals surface area contributed by atoms with E-state index in [-0.39, 0.29) is 24.0 Å². The van der Waals surface area contributed by atoms with Crippen molar-refractivity contribution in [3.8, 4) is 28.6 Å². The average molecular weight is 476 g/mol. The third-order valence-electron chi connectivity index (χ3n) is 5.26. The van der Waals surface area contributed by atoms with Crippen LogP contribution in [-0.4, -0.2) is 39.3 Å². The topological polar surface area (TPSA) is 136 Å². The first kappa shape index (κ1) is 22.0. The number of nitrogen functional groups attached to an aromatic ring is 1. The Morgan fingerprint density at radius 1 is 1.11 bits per heavy atom. The number of benzene rings is 1. The van der Waals surface area contributed by atoms with Gasteiger partial charge in [-0.05, 0) is 25.1 Å². The van der Waals surface area contributed by atoms with Crippen LogP contribution >= 0.6 is 0 Å². The van der Waals surface area contributed by atoms with Crippen LogP contribution in [0.5, 0.6) is 0 Å². The molecule has 0 aliphatic rings. The summed E-state index contributed by atoms with van der Waals surface area (Å²) in [4.78, 5) is 17.3. The van der Waals surface area contributed by atoms with Crippen LogP contribution < -0.4 is 5.73 Å². The lowest BCUT2D eigenvalue weighted by Crippen LogP contribution is -2.10. The molecule has 1 aromatic carbocycles. The highest BCUT2D eigenvalue weighted by Crippen LogP contribution is 2.35. The third-order valence-corrected chi connectivity index (χ3v) is 5.26. The Labute approximate surface area is 195 Å². The molecule has 4 aromatic heterocycles. The number of nitrogens with zero attached hydrogens (tertiary/aromatic N) is 9. The average Bonchev–Trinajstić information content (AvgIpc) is 3.43. The Bertz CT molecular complexity index is 1600. The van der Waals surface area contributed by atoms with Crippen molar-refractivity contribution >= 4 is 11.6 Å². The van der Waals surface area contributed by atoms with Crippen LogP contribution in [0.1, 0.15) is 22.8 Å². The summed E-state index contributed by atoms with van der Waals surface area (Å²) < 4.78 is 41.7. The monoisotopic (exact) mass is 476 g/mol. The van der Waals surface area contributed by atoms with Gasteiger partial charge in [-0.25, -0.2) is 19.9 Å². The van der Waals surface area contributed by atoms with Crippen LogP contribution in [0, 0.1) is 18.3 Å². The first-order chi connectivity index (χ1) is 16.8. The van der Waals surface area contributed by atoms with Gasteiger partial charge in [-0.1, -0.05) is 18.2 Å². The zero-order valence-electron chi connectivity index (χ0n) is 18.1. The van der Waals surface area contributed by atoms with Crippen molar-refractivity contribution in [3.63, 3.8) is 0 Å². The van der Waals surface area contributed by atoms with Crippen LogP contribution in [0.25, 0.3) is 28.2 Å². The van der Waals surface area contributed by atoms with Crippen molar-refractivity contribution in [2.24, 2.45) is 0 Å². The minimum Gasteiger partial charge on any atom is -0.368 e. The quantitative estimate of drug-likeness (QED) is 0.417. The molecule has 0 unspecified atom stereocenters. The Morgan fingerprint density at radius 2 is 1.91 bits per heavy atom. The van der Waals surface area contributed by atoms with E-state index in [0.29, 0.717) is 33.8 Å². The number of alkyl halides is 3. The molecule has 4 heterocycles. The fourth-order valence-electron chi connectivity index (χ4n) is 3.67. The summed E-state index contributed by atoms with van der Waals surface area (Å²) >= 11 is 0. The van der Waals surface area contributed by atoms with Crippen LogP contribution in [0.2, 0.25) is 0 Å². The third kappa shape index (κ3) is 3.90. The SMILES string of the molecule is Cc1cc(C(F)(F)F)nn1Cc1nc2c(-c3ccncn3)c(-c3ccccc3C#N)nc(N)n2n1. The molecule has 10 nitrogen and oxygen atoms in total. The van der Waals surface area contributed by atoms with Crippen molar-refractivity contribution in [1.29, 1.82) is 5.26 Å². The summed E-state index contributed by atoms with van der Waals surface area (Å²) in [6.45, 7) is 1.38. The number of fused-ring (bicyclic) bond motifs is 1. The summed E-state index contributed by atoms with van der Waals surface area (Å²) in [5.41, 5.74) is 7.89. The molecule has 5 aromatic rings. The lowest BCUT2D eigenvalue weighted by Gasteiger charge is -2.12. The molecule has 0 saturated heterocycles. The van der Waals surface area contributed by atoms with Gasteiger partial charge in [-0.15, -0.1) is 5.10 Å². The smallest absolute Gasteiger partial charge is 0.368 e. The second-order valence-electron chi connectivity index (χ2n) is 7.54. The molecule has 0 amide bonds. The lowest BCUT2D eigenvalue weighted by atomic mass is 9.99. The molecule has 0 bridgehead atoms. The van der Waals surface area contributed by atoms with Gasteiger partial charge in [0.25, 0.3) is 0 Å². The van der Waals surface area contributed by atoms with Crippen molar-refractivity contribution in [2.75, 3.05) is 5.73 Å². The van der Waals surface area contributed by atoms with E-state index in [4.69, 9.17) is 5.73 Å². The standard InChI is InChI=1S/C22H15F3N10/c1-12-8-16(22(23,24)25)32-34(12)10-17-30-20-18(15-6-7-28-11-29-15)19(31-21(27)35(20)33-17)14-5-3-2-4-13(14)9-26/h2-8,11H,10H2,1H3,(H2,27,31). The first-order valence-corrected chi connectivity index (χ1v) is 10.2. The first-order valence-electron chi connectivity index (χ1n) is 10.2. The predicted octanol–water partition coefficient (Wildman–Crippen LogP) is 3.27. The van der Waals surface area contributed by atoms with Gasteiger partial charge in [-0.2, -0.15) is 28.0 Å². The molecule has 35 heavy (non-hydrogen) atoms. The Kier molecular flexibility index (Phi) is 5.13. The molecular formula is C22H15F3N10. The number of rotatable bonds is 4. The maximum absolute atomic E-state index is 13.1. The highest BCUT2D eigenvalue weighted by Gasteiger charge is 2.34. The van der Waals surface area contributed by atoms with Crippen molar-refractivity contribution < 1.29 is 13.2 Å². The number of hydrogen-bond donors (Lipinski definition) is 1. The Balaban J connectivity index is 1.72. The lowest BCUT2D eigenvalue weighted by molar-refractivity contribution is -0.141. The van der Waals surface area contributed by atoms with Crippen LogP contribution in [0.3, 0.4) is 0 Å². The molecule has 0 spiro atoms. The van der Waals surface area contributed by atoms with Gasteiger partial charge >= 0.3 is 6.18 Å². The molecular weight excluding hydrogens is 461 g/mol. The molecule has 0 fully saturated rings. The van der Waals surface area contributed by atoms with Crippen molar-refractivity contribution in [2.45, 2.75) is 19.6 Å². The number of nitriles is 1. The molecule has 0 radical (unpaired) electrons. The number of anilines is 1. The number of halogens is 3. The Hall–Kier alpha value is -4.86. The van der Waals surface area contributed by atoms with Gasteiger partial charge in [-0.3, -0.25) is 4.68 Å². The maximum atomic E-state index is 13.1. The number of nitrogens with two attached hydrogens (primary N) is 1. The van der Waals surface area contributed by atoms with E-state index >= 15 is 0 Å². The van der Waals surface area contributed by atoms with E-state index < -0.39 is 11.9 Å². The highest BCUT2D eigenvalue weighted by atomic mass is 19.4. The van der Waals surface area contributed by atoms with Crippen LogP contribution in [0.4, 0.5) is 19.1 Å². The molecule has 5 rings (SSSR count). The molecule has 0 atom stereocenters. The summed E-state index contributed by atoms with van der Waals surface area (Å²) in [6, 6.07) is 11.6. The Morgan fingerprint density at radius 3 is 2.60 bits per heavy atom. The predicted molar refractivity (Wildman–Crippen MR) is 117 cm³/mol. The number of hydrogen-bond acceptors (Lipinski definition) is 8. The second kappa shape index (κ2) is 8.17. The van der Waals surface area contributed by atoms with Gasteiger partial charge < -0.3 is 5.73 Å². The minimum atomic E-state index is -4.57. The van der Waals surface area contributed by atoms with E-state index in [1.807, 2.05) is 0 Å². The number of aryl methyl sites for hydroxylation is 1. The van der Waals surface area contributed by atoms with Gasteiger partial charge in [0.05, 0.1) is 28.6 Å².